The molecule has 2 rings (SSSR count). The molecule has 1 unspecified atom stereocenters. The molecule has 0 radical (unpaired) electrons. The molecule has 132 valence electrons. The first kappa shape index (κ1) is 21.3. The van der Waals surface area contributed by atoms with Crippen LogP contribution in [0.15, 0.2) is 53.5 Å². The average molecular weight is 469 g/mol. The lowest BCUT2D eigenvalue weighted by atomic mass is 10.1. The van der Waals surface area contributed by atoms with Crippen LogP contribution < -0.4 is 10.6 Å². The first-order valence-corrected chi connectivity index (χ1v) is 8.29. The highest BCUT2D eigenvalue weighted by Gasteiger charge is 2.08. The molecule has 2 aromatic rings. The molecule has 0 fully saturated rings. The lowest BCUT2D eigenvalue weighted by molar-refractivity contribution is 0.686. The number of hydrogen-bond donors (Lipinski definition) is 2. The minimum absolute atomic E-state index is 0. The highest BCUT2D eigenvalue weighted by atomic mass is 127. The zero-order chi connectivity index (χ0) is 17.4. The van der Waals surface area contributed by atoms with Crippen molar-refractivity contribution < 1.29 is 0 Å². The van der Waals surface area contributed by atoms with Gasteiger partial charge in [0.2, 0.25) is 0 Å². The summed E-state index contributed by atoms with van der Waals surface area (Å²) in [6.07, 6.45) is 0. The van der Waals surface area contributed by atoms with Crippen molar-refractivity contribution in [3.63, 3.8) is 0 Å². The Kier molecular flexibility index (Phi) is 9.32. The highest BCUT2D eigenvalue weighted by Crippen LogP contribution is 2.17. The maximum Gasteiger partial charge on any atom is 0.192 e. The fourth-order valence-corrected chi connectivity index (χ4v) is 2.49. The third-order valence-corrected chi connectivity index (χ3v) is 3.76. The fraction of sp³-hybridized carbons (Fsp3) is 0.263. The Bertz CT molecular complexity index is 755. The second-order valence-electron chi connectivity index (χ2n) is 5.43. The largest absolute Gasteiger partial charge is 0.357 e. The van der Waals surface area contributed by atoms with Gasteiger partial charge in [-0.3, -0.25) is 0 Å². The van der Waals surface area contributed by atoms with E-state index in [-0.39, 0.29) is 30.0 Å². The van der Waals surface area contributed by atoms with Crippen molar-refractivity contribution in [2.75, 3.05) is 6.54 Å². The van der Waals surface area contributed by atoms with Crippen LogP contribution in [0.2, 0.25) is 5.02 Å². The smallest absolute Gasteiger partial charge is 0.192 e. The predicted molar refractivity (Wildman–Crippen MR) is 114 cm³/mol. The van der Waals surface area contributed by atoms with E-state index in [0.717, 1.165) is 28.7 Å². The van der Waals surface area contributed by atoms with Crippen LogP contribution in [0.1, 0.15) is 36.6 Å². The Morgan fingerprint density at radius 2 is 2.00 bits per heavy atom. The summed E-state index contributed by atoms with van der Waals surface area (Å²) in [5.41, 5.74) is 2.74. The molecule has 0 saturated heterocycles. The lowest BCUT2D eigenvalue weighted by Gasteiger charge is -2.18. The molecule has 0 spiro atoms. The summed E-state index contributed by atoms with van der Waals surface area (Å²) >= 11 is 6.06. The molecule has 0 amide bonds. The summed E-state index contributed by atoms with van der Waals surface area (Å²) in [5, 5.41) is 16.3. The first-order valence-electron chi connectivity index (χ1n) is 7.91. The van der Waals surface area contributed by atoms with Crippen molar-refractivity contribution in [2.45, 2.75) is 26.4 Å². The Morgan fingerprint density at radius 1 is 1.24 bits per heavy atom. The van der Waals surface area contributed by atoms with E-state index in [0.29, 0.717) is 12.1 Å². The molecule has 0 aliphatic heterocycles. The van der Waals surface area contributed by atoms with E-state index < -0.39 is 0 Å². The molecule has 0 aliphatic rings. The molecule has 0 aliphatic carbocycles. The van der Waals surface area contributed by atoms with Gasteiger partial charge in [0.15, 0.2) is 5.96 Å². The Labute approximate surface area is 171 Å². The summed E-state index contributed by atoms with van der Waals surface area (Å²) in [5.74, 6) is 0.729. The molecule has 4 nitrogen and oxygen atoms in total. The Morgan fingerprint density at radius 3 is 2.68 bits per heavy atom. The number of halogens is 2. The number of hydrogen-bond acceptors (Lipinski definition) is 2. The normalized spacial score (nSPS) is 11.8. The van der Waals surface area contributed by atoms with Crippen LogP contribution in [0.3, 0.4) is 0 Å². The maximum absolute atomic E-state index is 8.97. The number of nitrogens with zero attached hydrogens (tertiary/aromatic N) is 2. The summed E-state index contributed by atoms with van der Waals surface area (Å²) in [7, 11) is 0. The van der Waals surface area contributed by atoms with Gasteiger partial charge in [-0.1, -0.05) is 35.9 Å². The van der Waals surface area contributed by atoms with Gasteiger partial charge in [0, 0.05) is 11.6 Å². The Balaban J connectivity index is 0.00000312. The summed E-state index contributed by atoms with van der Waals surface area (Å²) < 4.78 is 0. The quantitative estimate of drug-likeness (QED) is 0.382. The minimum Gasteiger partial charge on any atom is -0.357 e. The van der Waals surface area contributed by atoms with Crippen LogP contribution in [-0.2, 0) is 6.54 Å². The standard InChI is InChI=1S/C19H21ClN4.HI/c1-3-22-19(23-13-16-7-4-6-15(10-16)12-21)24-14(2)17-8-5-9-18(20)11-17;/h4-11,14H,3,13H2,1-2H3,(H2,22,23,24);1H. The first-order chi connectivity index (χ1) is 11.6. The van der Waals surface area contributed by atoms with Gasteiger partial charge in [-0.2, -0.15) is 5.26 Å². The summed E-state index contributed by atoms with van der Waals surface area (Å²) in [4.78, 5) is 4.60. The van der Waals surface area contributed by atoms with Crippen molar-refractivity contribution in [3.8, 4) is 6.07 Å². The van der Waals surface area contributed by atoms with Gasteiger partial charge in [-0.15, -0.1) is 24.0 Å². The van der Waals surface area contributed by atoms with Gasteiger partial charge in [0.05, 0.1) is 24.2 Å². The fourth-order valence-electron chi connectivity index (χ4n) is 2.29. The second kappa shape index (κ2) is 11.0. The molecule has 1 atom stereocenters. The SMILES string of the molecule is CCNC(=NCc1cccc(C#N)c1)NC(C)c1cccc(Cl)c1.I. The van der Waals surface area contributed by atoms with Gasteiger partial charge < -0.3 is 10.6 Å². The van der Waals surface area contributed by atoms with E-state index in [4.69, 9.17) is 16.9 Å². The van der Waals surface area contributed by atoms with Gasteiger partial charge in [0.25, 0.3) is 0 Å². The van der Waals surface area contributed by atoms with Crippen molar-refractivity contribution in [1.29, 1.82) is 5.26 Å². The zero-order valence-corrected chi connectivity index (χ0v) is 17.4. The topological polar surface area (TPSA) is 60.2 Å². The van der Waals surface area contributed by atoms with E-state index >= 15 is 0 Å². The van der Waals surface area contributed by atoms with Crippen molar-refractivity contribution in [3.05, 3.63) is 70.2 Å². The van der Waals surface area contributed by atoms with Crippen LogP contribution in [-0.4, -0.2) is 12.5 Å². The molecular weight excluding hydrogens is 447 g/mol. The third-order valence-electron chi connectivity index (χ3n) is 3.52. The monoisotopic (exact) mass is 468 g/mol. The van der Waals surface area contributed by atoms with E-state index in [1.165, 1.54) is 0 Å². The van der Waals surface area contributed by atoms with E-state index in [1.54, 1.807) is 6.07 Å². The second-order valence-corrected chi connectivity index (χ2v) is 5.86. The number of aliphatic imine (C=N–C) groups is 1. The van der Waals surface area contributed by atoms with E-state index in [9.17, 15) is 0 Å². The number of guanidine groups is 1. The zero-order valence-electron chi connectivity index (χ0n) is 14.3. The molecule has 2 N–H and O–H groups in total. The van der Waals surface area contributed by atoms with Gasteiger partial charge in [-0.05, 0) is 49.2 Å². The minimum atomic E-state index is 0. The van der Waals surface area contributed by atoms with Crippen molar-refractivity contribution >= 4 is 41.5 Å². The van der Waals surface area contributed by atoms with Crippen LogP contribution in [0.5, 0.6) is 0 Å². The van der Waals surface area contributed by atoms with Crippen LogP contribution in [0.25, 0.3) is 0 Å². The lowest BCUT2D eigenvalue weighted by Crippen LogP contribution is -2.38. The van der Waals surface area contributed by atoms with Crippen LogP contribution in [0, 0.1) is 11.3 Å². The Hall–Kier alpha value is -1.78. The summed E-state index contributed by atoms with van der Waals surface area (Å²) in [6.45, 7) is 5.37. The number of nitriles is 1. The number of rotatable bonds is 5. The van der Waals surface area contributed by atoms with E-state index in [2.05, 4.69) is 28.6 Å². The molecule has 0 heterocycles. The molecule has 0 saturated carbocycles. The van der Waals surface area contributed by atoms with Crippen molar-refractivity contribution in [2.24, 2.45) is 4.99 Å². The third kappa shape index (κ3) is 6.92. The maximum atomic E-state index is 8.97. The number of benzene rings is 2. The van der Waals surface area contributed by atoms with E-state index in [1.807, 2.05) is 49.4 Å². The van der Waals surface area contributed by atoms with Crippen LogP contribution in [0.4, 0.5) is 0 Å². The molecule has 0 bridgehead atoms. The van der Waals surface area contributed by atoms with Gasteiger partial charge in [0.1, 0.15) is 0 Å². The predicted octanol–water partition coefficient (Wildman–Crippen LogP) is 4.65. The molecule has 2 aromatic carbocycles. The molecule has 6 heteroatoms. The van der Waals surface area contributed by atoms with Crippen LogP contribution >= 0.6 is 35.6 Å². The highest BCUT2D eigenvalue weighted by molar-refractivity contribution is 14.0. The van der Waals surface area contributed by atoms with Gasteiger partial charge in [-0.25, -0.2) is 4.99 Å². The molecule has 25 heavy (non-hydrogen) atoms. The molecular formula is C19H22ClIN4. The summed E-state index contributed by atoms with van der Waals surface area (Å²) in [6, 6.07) is 17.5. The van der Waals surface area contributed by atoms with Gasteiger partial charge >= 0.3 is 0 Å². The average Bonchev–Trinajstić information content (AvgIpc) is 2.60. The number of nitrogens with one attached hydrogen (secondary N) is 2. The molecule has 0 aromatic heterocycles. The van der Waals surface area contributed by atoms with Crippen molar-refractivity contribution in [1.82, 2.24) is 10.6 Å².